The normalized spacial score (nSPS) is 21.5. The number of fused-ring (bicyclic) bond motifs is 1. The van der Waals surface area contributed by atoms with E-state index in [0.717, 1.165) is 10.5 Å². The van der Waals surface area contributed by atoms with Gasteiger partial charge < -0.3 is 0 Å². The molecule has 0 spiro atoms. The lowest BCUT2D eigenvalue weighted by molar-refractivity contribution is -0.122. The fraction of sp³-hybridized carbons (Fsp3) is 0.200. The lowest BCUT2D eigenvalue weighted by Crippen LogP contribution is -2.39. The fourth-order valence-electron chi connectivity index (χ4n) is 3.49. The topological polar surface area (TPSA) is 70.1 Å². The molecule has 0 aromatic heterocycles. The largest absolute Gasteiger partial charge is 0.293 e. The number of para-hydroxylation sites is 1. The van der Waals surface area contributed by atoms with Gasteiger partial charge in [-0.1, -0.05) is 41.4 Å². The van der Waals surface area contributed by atoms with E-state index >= 15 is 0 Å². The Balaban J connectivity index is 1.82. The third-order valence-electron chi connectivity index (χ3n) is 4.80. The summed E-state index contributed by atoms with van der Waals surface area (Å²) in [5, 5.41) is 6.09. The SMILES string of the molecule is CC(=O)C1=NN(c2ccc(C)cc2)[C@H]2C(=O)N(c3ccccc3Cl)C(=O)[C@@H]12. The van der Waals surface area contributed by atoms with Gasteiger partial charge >= 0.3 is 0 Å². The standard InChI is InChI=1S/C20H16ClN3O3/c1-11-7-9-13(10-8-11)24-18-16(17(22-24)12(2)25)19(26)23(20(18)27)15-6-4-3-5-14(15)21/h3-10,16,18H,1-2H3/t16-,18+/m0/s1. The quantitative estimate of drug-likeness (QED) is 0.766. The van der Waals surface area contributed by atoms with E-state index in [1.807, 2.05) is 31.2 Å². The van der Waals surface area contributed by atoms with E-state index in [0.29, 0.717) is 16.4 Å². The van der Waals surface area contributed by atoms with Crippen molar-refractivity contribution in [3.05, 3.63) is 59.1 Å². The van der Waals surface area contributed by atoms with E-state index < -0.39 is 23.8 Å². The Labute approximate surface area is 161 Å². The highest BCUT2D eigenvalue weighted by atomic mass is 35.5. The number of ketones is 1. The number of Topliss-reactive ketones (excluding diaryl/α,β-unsaturated/α-hetero) is 1. The molecule has 2 heterocycles. The molecule has 0 bridgehead atoms. The molecule has 0 N–H and O–H groups in total. The predicted molar refractivity (Wildman–Crippen MR) is 103 cm³/mol. The Morgan fingerprint density at radius 2 is 1.70 bits per heavy atom. The molecule has 0 unspecified atom stereocenters. The van der Waals surface area contributed by atoms with Crippen molar-refractivity contribution in [1.82, 2.24) is 0 Å². The maximum absolute atomic E-state index is 13.2. The molecule has 1 saturated heterocycles. The lowest BCUT2D eigenvalue weighted by atomic mass is 9.95. The van der Waals surface area contributed by atoms with Crippen molar-refractivity contribution in [1.29, 1.82) is 0 Å². The van der Waals surface area contributed by atoms with Gasteiger partial charge in [-0.2, -0.15) is 5.10 Å². The average Bonchev–Trinajstić information content (AvgIpc) is 3.15. The number of halogens is 1. The summed E-state index contributed by atoms with van der Waals surface area (Å²) in [4.78, 5) is 39.5. The van der Waals surface area contributed by atoms with Crippen LogP contribution in [-0.2, 0) is 14.4 Å². The smallest absolute Gasteiger partial charge is 0.259 e. The van der Waals surface area contributed by atoms with Crippen LogP contribution < -0.4 is 9.91 Å². The van der Waals surface area contributed by atoms with Gasteiger partial charge in [-0.3, -0.25) is 19.4 Å². The molecule has 2 aliphatic heterocycles. The zero-order valence-electron chi connectivity index (χ0n) is 14.7. The summed E-state index contributed by atoms with van der Waals surface area (Å²) < 4.78 is 0. The fourth-order valence-corrected chi connectivity index (χ4v) is 3.71. The molecule has 6 nitrogen and oxygen atoms in total. The number of hydrogen-bond donors (Lipinski definition) is 0. The molecule has 2 amide bonds. The van der Waals surface area contributed by atoms with Crippen LogP contribution in [0.3, 0.4) is 0 Å². The van der Waals surface area contributed by atoms with Crippen molar-refractivity contribution in [3.8, 4) is 0 Å². The summed E-state index contributed by atoms with van der Waals surface area (Å²) >= 11 is 6.20. The summed E-state index contributed by atoms with van der Waals surface area (Å²) in [6, 6.07) is 13.2. The number of amides is 2. The summed E-state index contributed by atoms with van der Waals surface area (Å²) in [7, 11) is 0. The Bertz CT molecular complexity index is 1000. The van der Waals surface area contributed by atoms with Crippen molar-refractivity contribution in [3.63, 3.8) is 0 Å². The Morgan fingerprint density at radius 3 is 2.33 bits per heavy atom. The number of hydrogen-bond acceptors (Lipinski definition) is 5. The number of carbonyl (C=O) groups is 3. The van der Waals surface area contributed by atoms with Crippen LogP contribution in [0.1, 0.15) is 12.5 Å². The van der Waals surface area contributed by atoms with E-state index in [9.17, 15) is 14.4 Å². The van der Waals surface area contributed by atoms with Crippen LogP contribution >= 0.6 is 11.6 Å². The van der Waals surface area contributed by atoms with E-state index in [1.165, 1.54) is 11.9 Å². The molecule has 0 aliphatic carbocycles. The van der Waals surface area contributed by atoms with E-state index in [1.54, 1.807) is 24.3 Å². The third-order valence-corrected chi connectivity index (χ3v) is 5.12. The first-order valence-electron chi connectivity index (χ1n) is 8.48. The molecule has 7 heteroatoms. The predicted octanol–water partition coefficient (Wildman–Crippen LogP) is 2.97. The van der Waals surface area contributed by atoms with Crippen LogP contribution in [0, 0.1) is 12.8 Å². The van der Waals surface area contributed by atoms with Gasteiger partial charge in [-0.25, -0.2) is 4.90 Å². The minimum Gasteiger partial charge on any atom is -0.293 e. The minimum absolute atomic E-state index is 0.0912. The van der Waals surface area contributed by atoms with Gasteiger partial charge in [0.2, 0.25) is 5.91 Å². The van der Waals surface area contributed by atoms with E-state index in [2.05, 4.69) is 5.10 Å². The molecule has 2 atom stereocenters. The number of nitrogens with zero attached hydrogens (tertiary/aromatic N) is 3. The highest BCUT2D eigenvalue weighted by Crippen LogP contribution is 2.39. The van der Waals surface area contributed by atoms with Crippen LogP contribution in [-0.4, -0.2) is 29.4 Å². The highest BCUT2D eigenvalue weighted by Gasteiger charge is 2.58. The number of rotatable bonds is 3. The molecular formula is C20H16ClN3O3. The van der Waals surface area contributed by atoms with Crippen LogP contribution in [0.4, 0.5) is 11.4 Å². The van der Waals surface area contributed by atoms with E-state index in [-0.39, 0.29) is 11.5 Å². The van der Waals surface area contributed by atoms with Crippen LogP contribution in [0.15, 0.2) is 53.6 Å². The number of carbonyl (C=O) groups excluding carboxylic acids is 3. The van der Waals surface area contributed by atoms with Gasteiger partial charge in [0, 0.05) is 6.92 Å². The number of anilines is 2. The number of benzene rings is 2. The molecular weight excluding hydrogens is 366 g/mol. The average molecular weight is 382 g/mol. The second kappa shape index (κ2) is 6.32. The summed E-state index contributed by atoms with van der Waals surface area (Å²) in [5.41, 5.74) is 2.11. The third kappa shape index (κ3) is 2.64. The number of aryl methyl sites for hydroxylation is 1. The van der Waals surface area contributed by atoms with Crippen LogP contribution in [0.25, 0.3) is 0 Å². The second-order valence-corrected chi connectivity index (χ2v) is 7.01. The minimum atomic E-state index is -0.937. The first kappa shape index (κ1) is 17.4. The second-order valence-electron chi connectivity index (χ2n) is 6.61. The molecule has 0 saturated carbocycles. The van der Waals surface area contributed by atoms with Gasteiger partial charge in [-0.15, -0.1) is 0 Å². The van der Waals surface area contributed by atoms with Crippen molar-refractivity contribution in [2.24, 2.45) is 11.0 Å². The van der Waals surface area contributed by atoms with Crippen molar-refractivity contribution < 1.29 is 14.4 Å². The molecule has 1 fully saturated rings. The maximum Gasteiger partial charge on any atom is 0.259 e. The molecule has 2 aromatic carbocycles. The monoisotopic (exact) mass is 381 g/mol. The molecule has 2 aromatic rings. The Morgan fingerprint density at radius 1 is 1.04 bits per heavy atom. The van der Waals surface area contributed by atoms with Gasteiger partial charge in [0.15, 0.2) is 5.78 Å². The molecule has 136 valence electrons. The zero-order valence-corrected chi connectivity index (χ0v) is 15.5. The molecule has 27 heavy (non-hydrogen) atoms. The highest BCUT2D eigenvalue weighted by molar-refractivity contribution is 6.49. The van der Waals surface area contributed by atoms with Crippen LogP contribution in [0.2, 0.25) is 5.02 Å². The summed E-state index contributed by atoms with van der Waals surface area (Å²) in [6.07, 6.45) is 0. The van der Waals surface area contributed by atoms with Crippen molar-refractivity contribution in [2.75, 3.05) is 9.91 Å². The molecule has 4 rings (SSSR count). The van der Waals surface area contributed by atoms with Gasteiger partial charge in [0.25, 0.3) is 5.91 Å². The van der Waals surface area contributed by atoms with E-state index in [4.69, 9.17) is 11.6 Å². The number of hydrazone groups is 1. The summed E-state index contributed by atoms with van der Waals surface area (Å²) in [5.74, 6) is -2.20. The van der Waals surface area contributed by atoms with Crippen molar-refractivity contribution >= 4 is 46.3 Å². The molecule has 2 aliphatic rings. The Hall–Kier alpha value is -2.99. The maximum atomic E-state index is 13.2. The first-order valence-corrected chi connectivity index (χ1v) is 8.85. The van der Waals surface area contributed by atoms with Gasteiger partial charge in [-0.05, 0) is 31.2 Å². The Kier molecular flexibility index (Phi) is 4.08. The molecule has 0 radical (unpaired) electrons. The first-order chi connectivity index (χ1) is 12.9. The van der Waals surface area contributed by atoms with Gasteiger partial charge in [0.05, 0.1) is 16.4 Å². The zero-order chi connectivity index (χ0) is 19.3. The number of imide groups is 1. The lowest BCUT2D eigenvalue weighted by Gasteiger charge is -2.22. The van der Waals surface area contributed by atoms with Crippen molar-refractivity contribution in [2.45, 2.75) is 19.9 Å². The van der Waals surface area contributed by atoms with Gasteiger partial charge in [0.1, 0.15) is 17.7 Å². The summed E-state index contributed by atoms with van der Waals surface area (Å²) in [6.45, 7) is 3.30. The van der Waals surface area contributed by atoms with Crippen LogP contribution in [0.5, 0.6) is 0 Å².